The quantitative estimate of drug-likeness (QED) is 0.703. The van der Waals surface area contributed by atoms with Crippen molar-refractivity contribution in [1.82, 2.24) is 9.78 Å². The molecule has 0 saturated heterocycles. The van der Waals surface area contributed by atoms with Gasteiger partial charge < -0.3 is 10.4 Å². The van der Waals surface area contributed by atoms with Gasteiger partial charge in [0, 0.05) is 24.6 Å². The SMILES string of the molecule is Cc1nn(C)c2c1[C@H](CO)C[C@@H](C)N2. The first-order valence-electron chi connectivity index (χ1n) is 5.04. The van der Waals surface area contributed by atoms with E-state index in [1.54, 1.807) is 0 Å². The van der Waals surface area contributed by atoms with E-state index >= 15 is 0 Å². The fourth-order valence-electron chi connectivity index (χ4n) is 2.34. The van der Waals surface area contributed by atoms with Crippen LogP contribution in [0.4, 0.5) is 5.82 Å². The summed E-state index contributed by atoms with van der Waals surface area (Å²) in [4.78, 5) is 0. The van der Waals surface area contributed by atoms with Gasteiger partial charge in [-0.15, -0.1) is 0 Å². The van der Waals surface area contributed by atoms with Crippen molar-refractivity contribution >= 4 is 5.82 Å². The highest BCUT2D eigenvalue weighted by atomic mass is 16.3. The minimum Gasteiger partial charge on any atom is -0.396 e. The smallest absolute Gasteiger partial charge is 0.127 e. The predicted molar refractivity (Wildman–Crippen MR) is 55.5 cm³/mol. The zero-order valence-corrected chi connectivity index (χ0v) is 8.91. The normalized spacial score (nSPS) is 25.7. The molecule has 2 rings (SSSR count). The summed E-state index contributed by atoms with van der Waals surface area (Å²) in [6.45, 7) is 4.35. The van der Waals surface area contributed by atoms with E-state index in [4.69, 9.17) is 0 Å². The number of aliphatic hydroxyl groups excluding tert-OH is 1. The molecule has 14 heavy (non-hydrogen) atoms. The van der Waals surface area contributed by atoms with Gasteiger partial charge in [0.1, 0.15) is 5.82 Å². The lowest BCUT2D eigenvalue weighted by atomic mass is 9.90. The van der Waals surface area contributed by atoms with Crippen molar-refractivity contribution < 1.29 is 5.11 Å². The molecule has 0 fully saturated rings. The van der Waals surface area contributed by atoms with Crippen LogP contribution in [0.25, 0.3) is 0 Å². The fraction of sp³-hybridized carbons (Fsp3) is 0.700. The number of hydrogen-bond donors (Lipinski definition) is 2. The molecule has 2 atom stereocenters. The molecule has 0 radical (unpaired) electrons. The number of nitrogens with one attached hydrogen (secondary N) is 1. The highest BCUT2D eigenvalue weighted by Crippen LogP contribution is 2.35. The van der Waals surface area contributed by atoms with Crippen molar-refractivity contribution in [3.05, 3.63) is 11.3 Å². The van der Waals surface area contributed by atoms with Crippen molar-refractivity contribution in [3.8, 4) is 0 Å². The third-order valence-electron chi connectivity index (χ3n) is 2.92. The summed E-state index contributed by atoms with van der Waals surface area (Å²) in [6.07, 6.45) is 0.982. The first-order chi connectivity index (χ1) is 6.63. The van der Waals surface area contributed by atoms with Gasteiger partial charge in [-0.3, -0.25) is 4.68 Å². The van der Waals surface area contributed by atoms with E-state index in [0.29, 0.717) is 6.04 Å². The van der Waals surface area contributed by atoms with Gasteiger partial charge in [0.25, 0.3) is 0 Å². The molecule has 0 saturated carbocycles. The topological polar surface area (TPSA) is 50.1 Å². The van der Waals surface area contributed by atoms with Crippen molar-refractivity contribution in [2.75, 3.05) is 11.9 Å². The Labute approximate surface area is 83.9 Å². The highest BCUT2D eigenvalue weighted by Gasteiger charge is 2.28. The lowest BCUT2D eigenvalue weighted by Gasteiger charge is -2.28. The van der Waals surface area contributed by atoms with E-state index in [2.05, 4.69) is 17.3 Å². The Morgan fingerprint density at radius 3 is 3.00 bits per heavy atom. The van der Waals surface area contributed by atoms with Crippen LogP contribution < -0.4 is 5.32 Å². The summed E-state index contributed by atoms with van der Waals surface area (Å²) >= 11 is 0. The van der Waals surface area contributed by atoms with Crippen LogP contribution in [0, 0.1) is 6.92 Å². The van der Waals surface area contributed by atoms with Crippen molar-refractivity contribution in [2.45, 2.75) is 32.2 Å². The second-order valence-corrected chi connectivity index (χ2v) is 4.13. The van der Waals surface area contributed by atoms with Crippen LogP contribution in [0.1, 0.15) is 30.5 Å². The average molecular weight is 195 g/mol. The maximum absolute atomic E-state index is 9.32. The molecular weight excluding hydrogens is 178 g/mol. The summed E-state index contributed by atoms with van der Waals surface area (Å²) in [6, 6.07) is 0.412. The number of aliphatic hydroxyl groups is 1. The number of aryl methyl sites for hydroxylation is 2. The van der Waals surface area contributed by atoms with Crippen LogP contribution in [0.3, 0.4) is 0 Å². The molecule has 0 unspecified atom stereocenters. The third-order valence-corrected chi connectivity index (χ3v) is 2.92. The van der Waals surface area contributed by atoms with E-state index in [9.17, 15) is 5.11 Å². The molecule has 0 spiro atoms. The lowest BCUT2D eigenvalue weighted by molar-refractivity contribution is 0.253. The molecule has 4 heteroatoms. The first kappa shape index (κ1) is 9.52. The van der Waals surface area contributed by atoms with E-state index in [-0.39, 0.29) is 12.5 Å². The zero-order chi connectivity index (χ0) is 10.3. The molecule has 2 N–H and O–H groups in total. The molecule has 1 aliphatic rings. The Balaban J connectivity index is 2.48. The Kier molecular flexibility index (Phi) is 2.23. The van der Waals surface area contributed by atoms with Gasteiger partial charge in [0.2, 0.25) is 0 Å². The highest BCUT2D eigenvalue weighted by molar-refractivity contribution is 5.52. The molecule has 2 heterocycles. The van der Waals surface area contributed by atoms with Gasteiger partial charge in [-0.1, -0.05) is 0 Å². The predicted octanol–water partition coefficient (Wildman–Crippen LogP) is 1.01. The van der Waals surface area contributed by atoms with Gasteiger partial charge in [-0.05, 0) is 20.3 Å². The summed E-state index contributed by atoms with van der Waals surface area (Å²) in [5, 5.41) is 17.1. The van der Waals surface area contributed by atoms with Gasteiger partial charge in [0.05, 0.1) is 12.3 Å². The number of rotatable bonds is 1. The Morgan fingerprint density at radius 2 is 2.36 bits per heavy atom. The summed E-state index contributed by atoms with van der Waals surface area (Å²) < 4.78 is 1.86. The van der Waals surface area contributed by atoms with Crippen molar-refractivity contribution in [1.29, 1.82) is 0 Å². The molecule has 1 aromatic heterocycles. The molecule has 0 aromatic carbocycles. The molecule has 4 nitrogen and oxygen atoms in total. The Morgan fingerprint density at radius 1 is 1.64 bits per heavy atom. The van der Waals surface area contributed by atoms with Crippen LogP contribution in [0.15, 0.2) is 0 Å². The van der Waals surface area contributed by atoms with E-state index in [0.717, 1.165) is 17.9 Å². The Bertz CT molecular complexity index is 345. The molecule has 0 aliphatic carbocycles. The molecule has 1 aromatic rings. The molecule has 0 amide bonds. The van der Waals surface area contributed by atoms with E-state index < -0.39 is 0 Å². The van der Waals surface area contributed by atoms with Gasteiger partial charge >= 0.3 is 0 Å². The number of aromatic nitrogens is 2. The number of hydrogen-bond acceptors (Lipinski definition) is 3. The number of fused-ring (bicyclic) bond motifs is 1. The first-order valence-corrected chi connectivity index (χ1v) is 5.04. The van der Waals surface area contributed by atoms with Crippen LogP contribution >= 0.6 is 0 Å². The fourth-order valence-corrected chi connectivity index (χ4v) is 2.34. The van der Waals surface area contributed by atoms with Crippen LogP contribution in [-0.2, 0) is 7.05 Å². The van der Waals surface area contributed by atoms with Crippen molar-refractivity contribution in [3.63, 3.8) is 0 Å². The minimum atomic E-state index is 0.214. The maximum Gasteiger partial charge on any atom is 0.127 e. The van der Waals surface area contributed by atoms with Gasteiger partial charge in [0.15, 0.2) is 0 Å². The second-order valence-electron chi connectivity index (χ2n) is 4.13. The van der Waals surface area contributed by atoms with E-state index in [1.807, 2.05) is 18.7 Å². The number of nitrogens with zero attached hydrogens (tertiary/aromatic N) is 2. The van der Waals surface area contributed by atoms with Gasteiger partial charge in [-0.25, -0.2) is 0 Å². The molecule has 1 aliphatic heterocycles. The van der Waals surface area contributed by atoms with Gasteiger partial charge in [-0.2, -0.15) is 5.10 Å². The van der Waals surface area contributed by atoms with Crippen LogP contribution in [0.2, 0.25) is 0 Å². The second kappa shape index (κ2) is 3.28. The zero-order valence-electron chi connectivity index (χ0n) is 8.91. The standard InChI is InChI=1S/C10H17N3O/c1-6-4-8(5-14)9-7(2)12-13(3)10(9)11-6/h6,8,11,14H,4-5H2,1-3H3/t6-,8+/m1/s1. The lowest BCUT2D eigenvalue weighted by Crippen LogP contribution is -2.27. The molecule has 78 valence electrons. The van der Waals surface area contributed by atoms with Crippen LogP contribution in [-0.4, -0.2) is 27.5 Å². The molecular formula is C10H17N3O. The average Bonchev–Trinajstić information content (AvgIpc) is 2.41. The van der Waals surface area contributed by atoms with Crippen LogP contribution in [0.5, 0.6) is 0 Å². The molecule has 0 bridgehead atoms. The van der Waals surface area contributed by atoms with Crippen molar-refractivity contribution in [2.24, 2.45) is 7.05 Å². The minimum absolute atomic E-state index is 0.214. The number of anilines is 1. The Hall–Kier alpha value is -1.03. The van der Waals surface area contributed by atoms with E-state index in [1.165, 1.54) is 5.56 Å². The summed E-state index contributed by atoms with van der Waals surface area (Å²) in [7, 11) is 1.94. The summed E-state index contributed by atoms with van der Waals surface area (Å²) in [5.41, 5.74) is 2.22. The largest absolute Gasteiger partial charge is 0.396 e. The maximum atomic E-state index is 9.32. The third kappa shape index (κ3) is 1.30. The summed E-state index contributed by atoms with van der Waals surface area (Å²) in [5.74, 6) is 1.32. The monoisotopic (exact) mass is 195 g/mol.